The van der Waals surface area contributed by atoms with Crippen molar-refractivity contribution >= 4 is 11.6 Å². The number of anilines is 1. The van der Waals surface area contributed by atoms with Gasteiger partial charge in [-0.1, -0.05) is 12.1 Å². The minimum absolute atomic E-state index is 0.0184. The molecule has 0 radical (unpaired) electrons. The van der Waals surface area contributed by atoms with Crippen molar-refractivity contribution in [2.75, 3.05) is 12.3 Å². The number of fused-ring (bicyclic) bond motifs is 1. The molecule has 0 atom stereocenters. The van der Waals surface area contributed by atoms with E-state index in [0.29, 0.717) is 18.7 Å². The zero-order valence-electron chi connectivity index (χ0n) is 10.8. The van der Waals surface area contributed by atoms with Gasteiger partial charge in [0, 0.05) is 18.8 Å². The first-order valence-corrected chi connectivity index (χ1v) is 6.36. The number of carbonyl (C=O) groups is 1. The second-order valence-corrected chi connectivity index (χ2v) is 4.91. The van der Waals surface area contributed by atoms with Gasteiger partial charge < -0.3 is 15.1 Å². The monoisotopic (exact) mass is 256 g/mol. The van der Waals surface area contributed by atoms with Gasteiger partial charge in [-0.3, -0.25) is 4.79 Å². The van der Waals surface area contributed by atoms with Gasteiger partial charge in [-0.25, -0.2) is 0 Å². The Hall–Kier alpha value is -2.23. The number of amides is 1. The molecule has 1 amide bonds. The fourth-order valence-electron chi connectivity index (χ4n) is 2.55. The van der Waals surface area contributed by atoms with Crippen molar-refractivity contribution < 1.29 is 9.21 Å². The lowest BCUT2D eigenvalue weighted by Crippen LogP contribution is -2.36. The molecule has 4 nitrogen and oxygen atoms in total. The van der Waals surface area contributed by atoms with Gasteiger partial charge in [-0.15, -0.1) is 0 Å². The van der Waals surface area contributed by atoms with Gasteiger partial charge in [-0.05, 0) is 36.6 Å². The molecule has 19 heavy (non-hydrogen) atoms. The van der Waals surface area contributed by atoms with E-state index in [9.17, 15) is 4.79 Å². The minimum atomic E-state index is 0.0184. The van der Waals surface area contributed by atoms with E-state index in [1.54, 1.807) is 6.07 Å². The van der Waals surface area contributed by atoms with E-state index in [-0.39, 0.29) is 5.91 Å². The van der Waals surface area contributed by atoms with Gasteiger partial charge in [0.15, 0.2) is 0 Å². The van der Waals surface area contributed by atoms with E-state index in [0.717, 1.165) is 23.4 Å². The summed E-state index contributed by atoms with van der Waals surface area (Å²) >= 11 is 0. The number of rotatable bonds is 1. The predicted octanol–water partition coefficient (Wildman–Crippen LogP) is 2.37. The van der Waals surface area contributed by atoms with E-state index in [1.165, 1.54) is 11.8 Å². The van der Waals surface area contributed by atoms with Crippen LogP contribution in [0.15, 0.2) is 34.9 Å². The lowest BCUT2D eigenvalue weighted by atomic mass is 9.97. The number of aryl methyl sites for hydroxylation is 1. The van der Waals surface area contributed by atoms with Crippen molar-refractivity contribution in [2.24, 2.45) is 0 Å². The van der Waals surface area contributed by atoms with Crippen molar-refractivity contribution in [3.63, 3.8) is 0 Å². The first-order chi connectivity index (χ1) is 9.15. The summed E-state index contributed by atoms with van der Waals surface area (Å²) in [5.74, 6) is 0.773. The van der Waals surface area contributed by atoms with Crippen molar-refractivity contribution in [1.29, 1.82) is 0 Å². The molecule has 1 aromatic heterocycles. The molecule has 4 heteroatoms. The molecule has 0 aliphatic carbocycles. The Kier molecular flexibility index (Phi) is 2.78. The molecule has 3 rings (SSSR count). The maximum absolute atomic E-state index is 12.3. The third-order valence-electron chi connectivity index (χ3n) is 3.57. The summed E-state index contributed by atoms with van der Waals surface area (Å²) in [5.41, 5.74) is 9.71. The quantitative estimate of drug-likeness (QED) is 0.797. The molecule has 1 aliphatic heterocycles. The summed E-state index contributed by atoms with van der Waals surface area (Å²) in [4.78, 5) is 14.2. The molecule has 0 unspecified atom stereocenters. The number of carbonyl (C=O) groups excluding carboxylic acids is 1. The van der Waals surface area contributed by atoms with Crippen LogP contribution in [0.25, 0.3) is 0 Å². The molecule has 0 fully saturated rings. The van der Waals surface area contributed by atoms with E-state index in [4.69, 9.17) is 10.2 Å². The largest absolute Gasteiger partial charge is 0.469 e. The van der Waals surface area contributed by atoms with Gasteiger partial charge in [0.25, 0.3) is 5.91 Å². The number of hydrogen-bond donors (Lipinski definition) is 1. The van der Waals surface area contributed by atoms with E-state index in [1.807, 2.05) is 30.0 Å². The lowest BCUT2D eigenvalue weighted by molar-refractivity contribution is 0.0734. The Morgan fingerprint density at radius 1 is 1.42 bits per heavy atom. The van der Waals surface area contributed by atoms with Gasteiger partial charge in [-0.2, -0.15) is 0 Å². The number of benzene rings is 1. The van der Waals surface area contributed by atoms with Crippen LogP contribution >= 0.6 is 0 Å². The van der Waals surface area contributed by atoms with E-state index >= 15 is 0 Å². The number of hydrogen-bond acceptors (Lipinski definition) is 3. The van der Waals surface area contributed by atoms with Crippen LogP contribution < -0.4 is 5.73 Å². The summed E-state index contributed by atoms with van der Waals surface area (Å²) in [5, 5.41) is 0. The SMILES string of the molecule is Cc1cc(C(=O)N2CCc3c(N)cccc3C2)co1. The highest BCUT2D eigenvalue weighted by Gasteiger charge is 2.23. The molecule has 1 aliphatic rings. The van der Waals surface area contributed by atoms with Crippen LogP contribution in [-0.4, -0.2) is 17.4 Å². The van der Waals surface area contributed by atoms with Crippen LogP contribution in [0.4, 0.5) is 5.69 Å². The summed E-state index contributed by atoms with van der Waals surface area (Å²) in [6.45, 7) is 3.15. The second-order valence-electron chi connectivity index (χ2n) is 4.91. The second kappa shape index (κ2) is 4.46. The highest BCUT2D eigenvalue weighted by Crippen LogP contribution is 2.25. The van der Waals surface area contributed by atoms with Crippen molar-refractivity contribution in [2.45, 2.75) is 19.9 Å². The molecule has 1 aromatic carbocycles. The molecule has 0 saturated heterocycles. The third kappa shape index (κ3) is 2.10. The molecular weight excluding hydrogens is 240 g/mol. The molecule has 2 aromatic rings. The van der Waals surface area contributed by atoms with Crippen molar-refractivity contribution in [3.05, 3.63) is 53.0 Å². The topological polar surface area (TPSA) is 59.5 Å². The predicted molar refractivity (Wildman–Crippen MR) is 72.7 cm³/mol. The summed E-state index contributed by atoms with van der Waals surface area (Å²) < 4.78 is 5.20. The zero-order valence-corrected chi connectivity index (χ0v) is 10.8. The first kappa shape index (κ1) is 11.8. The highest BCUT2D eigenvalue weighted by molar-refractivity contribution is 5.94. The Morgan fingerprint density at radius 2 is 2.26 bits per heavy atom. The smallest absolute Gasteiger partial charge is 0.257 e. The van der Waals surface area contributed by atoms with Crippen LogP contribution in [0.1, 0.15) is 27.2 Å². The first-order valence-electron chi connectivity index (χ1n) is 6.36. The maximum Gasteiger partial charge on any atom is 0.257 e. The van der Waals surface area contributed by atoms with Crippen LogP contribution in [0.5, 0.6) is 0 Å². The normalized spacial score (nSPS) is 14.3. The van der Waals surface area contributed by atoms with Gasteiger partial charge >= 0.3 is 0 Å². The lowest BCUT2D eigenvalue weighted by Gasteiger charge is -2.29. The molecule has 0 spiro atoms. The zero-order chi connectivity index (χ0) is 13.4. The summed E-state index contributed by atoms with van der Waals surface area (Å²) in [6, 6.07) is 7.66. The van der Waals surface area contributed by atoms with Gasteiger partial charge in [0.05, 0.1) is 5.56 Å². The van der Waals surface area contributed by atoms with Crippen LogP contribution in [0.2, 0.25) is 0 Å². The Morgan fingerprint density at radius 3 is 3.00 bits per heavy atom. The Labute approximate surface area is 111 Å². The Bertz CT molecular complexity index is 631. The fourth-order valence-corrected chi connectivity index (χ4v) is 2.55. The summed E-state index contributed by atoms with van der Waals surface area (Å²) in [7, 11) is 0. The van der Waals surface area contributed by atoms with Crippen LogP contribution in [-0.2, 0) is 13.0 Å². The third-order valence-corrected chi connectivity index (χ3v) is 3.57. The molecule has 98 valence electrons. The van der Waals surface area contributed by atoms with Crippen LogP contribution in [0, 0.1) is 6.92 Å². The minimum Gasteiger partial charge on any atom is -0.469 e. The number of nitrogens with two attached hydrogens (primary N) is 1. The summed E-state index contributed by atoms with van der Waals surface area (Å²) in [6.07, 6.45) is 2.33. The molecular formula is C15H16N2O2. The standard InChI is InChI=1S/C15H16N2O2/c1-10-7-12(9-19-10)15(18)17-6-5-13-11(8-17)3-2-4-14(13)16/h2-4,7,9H,5-6,8,16H2,1H3. The molecule has 0 saturated carbocycles. The van der Waals surface area contributed by atoms with E-state index < -0.39 is 0 Å². The maximum atomic E-state index is 12.3. The molecule has 2 N–H and O–H groups in total. The van der Waals surface area contributed by atoms with Gasteiger partial charge in [0.1, 0.15) is 12.0 Å². The average molecular weight is 256 g/mol. The average Bonchev–Trinajstić information content (AvgIpc) is 2.84. The number of nitrogens with zero attached hydrogens (tertiary/aromatic N) is 1. The fraction of sp³-hybridized carbons (Fsp3) is 0.267. The highest BCUT2D eigenvalue weighted by atomic mass is 16.3. The number of furan rings is 1. The van der Waals surface area contributed by atoms with Crippen LogP contribution in [0.3, 0.4) is 0 Å². The van der Waals surface area contributed by atoms with Crippen molar-refractivity contribution in [1.82, 2.24) is 4.90 Å². The Balaban J connectivity index is 1.84. The molecule has 2 heterocycles. The molecule has 0 bridgehead atoms. The number of nitrogen functional groups attached to an aromatic ring is 1. The van der Waals surface area contributed by atoms with Gasteiger partial charge in [0.2, 0.25) is 0 Å². The van der Waals surface area contributed by atoms with Crippen molar-refractivity contribution in [3.8, 4) is 0 Å². The van der Waals surface area contributed by atoms with E-state index in [2.05, 4.69) is 0 Å².